The van der Waals surface area contributed by atoms with Gasteiger partial charge < -0.3 is 5.32 Å². The second-order valence-corrected chi connectivity index (χ2v) is 3.56. The highest BCUT2D eigenvalue weighted by molar-refractivity contribution is 6.13. The highest BCUT2D eigenvalue weighted by Gasteiger charge is 2.38. The number of hydrogen-bond acceptors (Lipinski definition) is 2. The van der Waals surface area contributed by atoms with Crippen LogP contribution in [0.5, 0.6) is 0 Å². The second-order valence-electron chi connectivity index (χ2n) is 3.56. The van der Waals surface area contributed by atoms with Crippen LogP contribution in [-0.2, 0) is 4.79 Å². The van der Waals surface area contributed by atoms with Crippen molar-refractivity contribution in [2.24, 2.45) is 4.99 Å². The predicted octanol–water partition coefficient (Wildman–Crippen LogP) is 2.36. The number of likely N-dealkylation sites (N-methyl/N-ethyl adjacent to an activating group) is 1. The van der Waals surface area contributed by atoms with Crippen molar-refractivity contribution in [1.82, 2.24) is 5.32 Å². The van der Waals surface area contributed by atoms with E-state index >= 15 is 0 Å². The van der Waals surface area contributed by atoms with Crippen molar-refractivity contribution < 1.29 is 18.0 Å². The molecule has 0 spiro atoms. The Hall–Kier alpha value is -1.59. The summed E-state index contributed by atoms with van der Waals surface area (Å²) in [7, 11) is 1.29. The molecule has 1 heterocycles. The van der Waals surface area contributed by atoms with Crippen LogP contribution >= 0.6 is 0 Å². The van der Waals surface area contributed by atoms with Crippen LogP contribution in [0.25, 0.3) is 0 Å². The van der Waals surface area contributed by atoms with Gasteiger partial charge in [-0.2, -0.15) is 13.2 Å². The number of carbonyl (C=O) groups excluding carboxylic acids is 1. The Morgan fingerprint density at radius 3 is 2.65 bits per heavy atom. The highest BCUT2D eigenvalue weighted by atomic mass is 19.4. The lowest BCUT2D eigenvalue weighted by atomic mass is 9.99. The van der Waals surface area contributed by atoms with Crippen molar-refractivity contribution in [2.75, 3.05) is 7.05 Å². The summed E-state index contributed by atoms with van der Waals surface area (Å²) in [4.78, 5) is 15.1. The van der Waals surface area contributed by atoms with Crippen LogP contribution in [0.15, 0.2) is 27.9 Å². The summed E-state index contributed by atoms with van der Waals surface area (Å²) >= 11 is 0. The fourth-order valence-electron chi connectivity index (χ4n) is 1.46. The van der Waals surface area contributed by atoms with Gasteiger partial charge in [-0.1, -0.05) is 6.92 Å². The predicted molar refractivity (Wildman–Crippen MR) is 58.6 cm³/mol. The molecule has 0 aromatic carbocycles. The summed E-state index contributed by atoms with van der Waals surface area (Å²) in [5, 5.41) is 2.19. The number of rotatable bonds is 2. The van der Waals surface area contributed by atoms with E-state index in [9.17, 15) is 18.0 Å². The average Bonchev–Trinajstić information content (AvgIpc) is 2.49. The fourth-order valence-corrected chi connectivity index (χ4v) is 1.46. The van der Waals surface area contributed by atoms with E-state index in [1.165, 1.54) is 13.2 Å². The van der Waals surface area contributed by atoms with Gasteiger partial charge in [-0.25, -0.2) is 0 Å². The normalized spacial score (nSPS) is 16.6. The zero-order valence-electron chi connectivity index (χ0n) is 9.56. The summed E-state index contributed by atoms with van der Waals surface area (Å²) in [5.41, 5.74) is -0.710. The lowest BCUT2D eigenvalue weighted by Gasteiger charge is -2.14. The van der Waals surface area contributed by atoms with Gasteiger partial charge in [-0.3, -0.25) is 9.79 Å². The Kier molecular flexibility index (Phi) is 4.09. The molecule has 6 heteroatoms. The average molecular weight is 246 g/mol. The van der Waals surface area contributed by atoms with Crippen molar-refractivity contribution in [3.8, 4) is 0 Å². The Labute approximate surface area is 97.1 Å². The quantitative estimate of drug-likeness (QED) is 0.798. The lowest BCUT2D eigenvalue weighted by Crippen LogP contribution is -2.26. The summed E-state index contributed by atoms with van der Waals surface area (Å²) < 4.78 is 38.6. The molecule has 0 saturated heterocycles. The van der Waals surface area contributed by atoms with E-state index in [-0.39, 0.29) is 6.42 Å². The fraction of sp³-hybridized carbons (Fsp3) is 0.455. The molecule has 1 rings (SSSR count). The van der Waals surface area contributed by atoms with Crippen molar-refractivity contribution in [1.29, 1.82) is 0 Å². The topological polar surface area (TPSA) is 41.5 Å². The zero-order valence-corrected chi connectivity index (χ0v) is 9.56. The Morgan fingerprint density at radius 2 is 2.18 bits per heavy atom. The van der Waals surface area contributed by atoms with Crippen LogP contribution in [0, 0.1) is 0 Å². The maximum atomic E-state index is 12.9. The number of alkyl halides is 3. The minimum Gasteiger partial charge on any atom is -0.355 e. The Balaban J connectivity index is 3.25. The molecule has 0 aromatic heterocycles. The number of aliphatic imine (C=N–C) groups is 1. The van der Waals surface area contributed by atoms with Crippen molar-refractivity contribution in [3.05, 3.63) is 22.9 Å². The molecule has 0 aromatic rings. The number of allylic oxidation sites excluding steroid dienone is 2. The molecule has 0 aliphatic carbocycles. The molecule has 17 heavy (non-hydrogen) atoms. The van der Waals surface area contributed by atoms with E-state index in [0.29, 0.717) is 12.0 Å². The van der Waals surface area contributed by atoms with Gasteiger partial charge in [0.05, 0.1) is 11.1 Å². The molecule has 3 nitrogen and oxygen atoms in total. The molecule has 1 aliphatic rings. The first kappa shape index (κ1) is 13.5. The summed E-state index contributed by atoms with van der Waals surface area (Å²) in [6, 6.07) is 0. The molecule has 1 aliphatic heterocycles. The zero-order chi connectivity index (χ0) is 13.1. The van der Waals surface area contributed by atoms with Crippen LogP contribution in [0.2, 0.25) is 0 Å². The molecule has 1 amide bonds. The monoisotopic (exact) mass is 246 g/mol. The molecule has 0 fully saturated rings. The lowest BCUT2D eigenvalue weighted by molar-refractivity contribution is -0.118. The standard InChI is InChI=1S/C11H13F3N2O/c1-3-7-4-9(11(12,13)14)8(6-16-5-7)10(17)15-2/h5-6H,3-4H2,1-2H3,(H,15,17). The molecule has 0 radical (unpaired) electrons. The molecule has 1 N–H and O–H groups in total. The van der Waals surface area contributed by atoms with Gasteiger partial charge in [0.1, 0.15) is 0 Å². The first-order valence-electron chi connectivity index (χ1n) is 5.13. The molecular formula is C11H13F3N2O. The van der Waals surface area contributed by atoms with E-state index in [1.54, 1.807) is 6.92 Å². The van der Waals surface area contributed by atoms with E-state index in [2.05, 4.69) is 10.3 Å². The minimum atomic E-state index is -4.52. The minimum absolute atomic E-state index is 0.289. The van der Waals surface area contributed by atoms with Crippen LogP contribution in [0.1, 0.15) is 19.8 Å². The maximum absolute atomic E-state index is 12.9. The SMILES string of the molecule is CCC1=CN=CC(C(=O)NC)=C(C(F)(F)F)C1. The number of nitrogens with one attached hydrogen (secondary N) is 1. The highest BCUT2D eigenvalue weighted by Crippen LogP contribution is 2.34. The third-order valence-corrected chi connectivity index (χ3v) is 2.46. The van der Waals surface area contributed by atoms with E-state index in [4.69, 9.17) is 0 Å². The number of nitrogens with zero attached hydrogens (tertiary/aromatic N) is 1. The van der Waals surface area contributed by atoms with Crippen LogP contribution < -0.4 is 5.32 Å². The number of carbonyl (C=O) groups is 1. The van der Waals surface area contributed by atoms with Crippen LogP contribution in [-0.4, -0.2) is 25.3 Å². The Bertz CT molecular complexity index is 405. The van der Waals surface area contributed by atoms with Gasteiger partial charge in [0, 0.05) is 25.9 Å². The molecular weight excluding hydrogens is 233 g/mol. The number of hydrogen-bond donors (Lipinski definition) is 1. The van der Waals surface area contributed by atoms with Crippen LogP contribution in [0.3, 0.4) is 0 Å². The van der Waals surface area contributed by atoms with Gasteiger partial charge in [0.2, 0.25) is 0 Å². The van der Waals surface area contributed by atoms with Gasteiger partial charge in [0.25, 0.3) is 5.91 Å². The van der Waals surface area contributed by atoms with Crippen molar-refractivity contribution in [2.45, 2.75) is 25.9 Å². The molecule has 0 atom stereocenters. The van der Waals surface area contributed by atoms with E-state index in [0.717, 1.165) is 6.21 Å². The van der Waals surface area contributed by atoms with Gasteiger partial charge in [-0.05, 0) is 12.0 Å². The molecule has 0 saturated carbocycles. The third kappa shape index (κ3) is 3.18. The first-order chi connectivity index (χ1) is 7.90. The Morgan fingerprint density at radius 1 is 1.53 bits per heavy atom. The van der Waals surface area contributed by atoms with Crippen molar-refractivity contribution in [3.63, 3.8) is 0 Å². The van der Waals surface area contributed by atoms with E-state index in [1.807, 2.05) is 0 Å². The first-order valence-corrected chi connectivity index (χ1v) is 5.13. The number of halogens is 3. The smallest absolute Gasteiger partial charge is 0.355 e. The summed E-state index contributed by atoms with van der Waals surface area (Å²) in [6.45, 7) is 1.75. The third-order valence-electron chi connectivity index (χ3n) is 2.46. The largest absolute Gasteiger partial charge is 0.413 e. The van der Waals surface area contributed by atoms with Gasteiger partial charge in [-0.15, -0.1) is 0 Å². The van der Waals surface area contributed by atoms with Crippen LogP contribution in [0.4, 0.5) is 13.2 Å². The van der Waals surface area contributed by atoms with Gasteiger partial charge >= 0.3 is 6.18 Å². The summed E-state index contributed by atoms with van der Waals surface area (Å²) in [5.74, 6) is -0.771. The molecule has 0 unspecified atom stereocenters. The number of amides is 1. The summed E-state index contributed by atoms with van der Waals surface area (Å²) in [6.07, 6.45) is -2.00. The van der Waals surface area contributed by atoms with E-state index < -0.39 is 23.2 Å². The maximum Gasteiger partial charge on any atom is 0.413 e. The molecule has 0 bridgehead atoms. The van der Waals surface area contributed by atoms with Gasteiger partial charge in [0.15, 0.2) is 0 Å². The van der Waals surface area contributed by atoms with Crippen molar-refractivity contribution >= 4 is 12.1 Å². The molecule has 94 valence electrons. The second kappa shape index (κ2) is 5.16.